The van der Waals surface area contributed by atoms with E-state index in [1.807, 2.05) is 0 Å². The predicted molar refractivity (Wildman–Crippen MR) is 169 cm³/mol. The quantitative estimate of drug-likeness (QED) is 0.133. The molecule has 38 heavy (non-hydrogen) atoms. The van der Waals surface area contributed by atoms with Gasteiger partial charge in [-0.3, -0.25) is 0 Å². The van der Waals surface area contributed by atoms with Gasteiger partial charge in [-0.05, 0) is 109 Å². The molecule has 1 aromatic rings. The van der Waals surface area contributed by atoms with Crippen LogP contribution in [0.1, 0.15) is 96.6 Å². The Morgan fingerprint density at radius 1 is 0.921 bits per heavy atom. The Morgan fingerprint density at radius 3 is 2.26 bits per heavy atom. The van der Waals surface area contributed by atoms with Gasteiger partial charge in [0.2, 0.25) is 0 Å². The summed E-state index contributed by atoms with van der Waals surface area (Å²) in [6.45, 7) is 24.8. The van der Waals surface area contributed by atoms with Crippen LogP contribution in [0.3, 0.4) is 0 Å². The van der Waals surface area contributed by atoms with Crippen LogP contribution in [-0.4, -0.2) is 31.0 Å². The number of ether oxygens (including phenoxy) is 1. The van der Waals surface area contributed by atoms with Crippen LogP contribution in [0.15, 0.2) is 23.8 Å². The van der Waals surface area contributed by atoms with E-state index < -0.39 is 25.4 Å². The highest BCUT2D eigenvalue weighted by Crippen LogP contribution is 2.54. The first-order chi connectivity index (χ1) is 17.6. The average Bonchev–Trinajstić information content (AvgIpc) is 2.75. The summed E-state index contributed by atoms with van der Waals surface area (Å²) in [6, 6.07) is 5.78. The van der Waals surface area contributed by atoms with Gasteiger partial charge in [-0.25, -0.2) is 0 Å². The maximum absolute atomic E-state index is 7.01. The lowest BCUT2D eigenvalue weighted by Gasteiger charge is -2.47. The zero-order valence-corrected chi connectivity index (χ0v) is 29.4. The number of fused-ring (bicyclic) bond motifs is 3. The Morgan fingerprint density at radius 2 is 1.61 bits per heavy atom. The van der Waals surface area contributed by atoms with E-state index in [1.54, 1.807) is 0 Å². The molecular formula is C31H56O4Si3. The molecule has 0 radical (unpaired) electrons. The second kappa shape index (κ2) is 12.3. The van der Waals surface area contributed by atoms with Crippen molar-refractivity contribution in [3.8, 4) is 11.5 Å². The van der Waals surface area contributed by atoms with Crippen LogP contribution in [-0.2, 0) is 14.7 Å². The summed E-state index contributed by atoms with van der Waals surface area (Å²) in [5.74, 6) is 2.75. The second-order valence-electron chi connectivity index (χ2n) is 13.8. The first kappa shape index (κ1) is 31.7. The molecule has 0 aromatic heterocycles. The van der Waals surface area contributed by atoms with E-state index >= 15 is 0 Å². The summed E-state index contributed by atoms with van der Waals surface area (Å²) in [7, 11) is -6.70. The molecule has 0 saturated carbocycles. The van der Waals surface area contributed by atoms with E-state index in [2.05, 4.69) is 92.1 Å². The molecule has 2 aliphatic rings. The number of hydrogen-bond acceptors (Lipinski definition) is 4. The van der Waals surface area contributed by atoms with Crippen LogP contribution in [0.4, 0.5) is 0 Å². The van der Waals surface area contributed by atoms with Crippen molar-refractivity contribution in [3.63, 3.8) is 0 Å². The molecule has 1 aliphatic heterocycles. The minimum absolute atomic E-state index is 0.199. The topological polar surface area (TPSA) is 36.9 Å². The standard InChI is InChI=1S/C31H56O4Si3/c1-12-14-16-17-25-22-28-30(26-21-24(3)18-19-27(26)31(4,5)32-28)29(23-25)33-37(8,9)35-38(10,11)34-36(6,7)20-15-13-2/h21-23,26-27H,12-20H2,1-11H3/t26-,27-/m1/s1. The minimum Gasteiger partial charge on any atom is -0.520 e. The normalized spacial score (nSPS) is 21.3. The molecule has 0 unspecified atom stereocenters. The van der Waals surface area contributed by atoms with Crippen LogP contribution in [0.5, 0.6) is 11.5 Å². The Balaban J connectivity index is 1.96. The molecule has 0 fully saturated rings. The molecule has 0 bridgehead atoms. The van der Waals surface area contributed by atoms with E-state index in [1.165, 1.54) is 54.8 Å². The van der Waals surface area contributed by atoms with Gasteiger partial charge in [0.25, 0.3) is 0 Å². The predicted octanol–water partition coefficient (Wildman–Crippen LogP) is 9.85. The maximum Gasteiger partial charge on any atom is 0.383 e. The number of unbranched alkanes of at least 4 members (excludes halogenated alkanes) is 3. The summed E-state index contributed by atoms with van der Waals surface area (Å²) in [5, 5.41) is 0. The fourth-order valence-electron chi connectivity index (χ4n) is 6.59. The highest BCUT2D eigenvalue weighted by atomic mass is 28.5. The largest absolute Gasteiger partial charge is 0.520 e. The Kier molecular flexibility index (Phi) is 10.3. The molecule has 3 rings (SSSR count). The van der Waals surface area contributed by atoms with Gasteiger partial charge in [0.1, 0.15) is 17.1 Å². The molecule has 1 heterocycles. The Hall–Kier alpha value is -0.869. The highest BCUT2D eigenvalue weighted by molar-refractivity contribution is 6.86. The van der Waals surface area contributed by atoms with E-state index in [-0.39, 0.29) is 5.60 Å². The zero-order chi connectivity index (χ0) is 28.4. The van der Waals surface area contributed by atoms with Crippen molar-refractivity contribution in [3.05, 3.63) is 34.9 Å². The van der Waals surface area contributed by atoms with Crippen molar-refractivity contribution in [1.82, 2.24) is 0 Å². The SMILES string of the molecule is CCCCCc1cc2c(c(O[Si](C)(C)O[Si](C)(C)O[Si](C)(C)CCCC)c1)[C@@H]1C=C(C)CC[C@H]1C(C)(C)O2. The lowest BCUT2D eigenvalue weighted by atomic mass is 9.68. The molecule has 4 nitrogen and oxygen atoms in total. The van der Waals surface area contributed by atoms with Crippen LogP contribution in [0.25, 0.3) is 0 Å². The van der Waals surface area contributed by atoms with Crippen LogP contribution < -0.4 is 9.16 Å². The number of hydrogen-bond donors (Lipinski definition) is 0. The summed E-state index contributed by atoms with van der Waals surface area (Å²) < 4.78 is 27.5. The maximum atomic E-state index is 7.01. The monoisotopic (exact) mass is 576 g/mol. The number of rotatable bonds is 13. The van der Waals surface area contributed by atoms with Crippen molar-refractivity contribution in [2.75, 3.05) is 0 Å². The lowest BCUT2D eigenvalue weighted by Crippen LogP contribution is -2.54. The Bertz CT molecular complexity index is 984. The van der Waals surface area contributed by atoms with E-state index in [0.717, 1.165) is 30.8 Å². The molecule has 1 aliphatic carbocycles. The summed E-state index contributed by atoms with van der Waals surface area (Å²) in [5.41, 5.74) is 3.81. The van der Waals surface area contributed by atoms with Crippen molar-refractivity contribution in [2.45, 2.75) is 143 Å². The molecule has 0 saturated heterocycles. The fraction of sp³-hybridized carbons (Fsp3) is 0.742. The summed E-state index contributed by atoms with van der Waals surface area (Å²) in [4.78, 5) is 0. The molecular weight excluding hydrogens is 521 g/mol. The molecule has 0 spiro atoms. The third-order valence-corrected chi connectivity index (χ3v) is 18.5. The molecule has 0 N–H and O–H groups in total. The minimum atomic E-state index is -2.56. The van der Waals surface area contributed by atoms with Gasteiger partial charge in [-0.1, -0.05) is 51.2 Å². The second-order valence-corrected chi connectivity index (χ2v) is 25.3. The van der Waals surface area contributed by atoms with Crippen molar-refractivity contribution >= 4 is 25.4 Å². The van der Waals surface area contributed by atoms with Gasteiger partial charge in [0.05, 0.1) is 0 Å². The van der Waals surface area contributed by atoms with Gasteiger partial charge in [-0.15, -0.1) is 0 Å². The first-order valence-corrected chi connectivity index (χ1v) is 24.0. The van der Waals surface area contributed by atoms with E-state index in [9.17, 15) is 0 Å². The molecule has 1 aromatic carbocycles. The number of allylic oxidation sites excluding steroid dienone is 2. The van der Waals surface area contributed by atoms with Gasteiger partial charge in [0.15, 0.2) is 8.32 Å². The Labute approximate surface area is 237 Å². The molecule has 7 heteroatoms. The summed E-state index contributed by atoms with van der Waals surface area (Å²) in [6.07, 6.45) is 11.9. The van der Waals surface area contributed by atoms with Crippen molar-refractivity contribution in [2.24, 2.45) is 5.92 Å². The van der Waals surface area contributed by atoms with Gasteiger partial charge < -0.3 is 17.4 Å². The number of aryl methyl sites for hydroxylation is 1. The number of benzene rings is 1. The molecule has 2 atom stereocenters. The van der Waals surface area contributed by atoms with Crippen LogP contribution >= 0.6 is 0 Å². The van der Waals surface area contributed by atoms with Crippen LogP contribution in [0, 0.1) is 5.92 Å². The third kappa shape index (κ3) is 8.32. The van der Waals surface area contributed by atoms with E-state index in [4.69, 9.17) is 17.4 Å². The van der Waals surface area contributed by atoms with Crippen molar-refractivity contribution in [1.29, 1.82) is 0 Å². The van der Waals surface area contributed by atoms with Gasteiger partial charge in [-0.2, -0.15) is 0 Å². The highest BCUT2D eigenvalue weighted by Gasteiger charge is 2.47. The average molecular weight is 577 g/mol. The van der Waals surface area contributed by atoms with Crippen molar-refractivity contribution < 1.29 is 17.4 Å². The smallest absolute Gasteiger partial charge is 0.383 e. The zero-order valence-electron chi connectivity index (χ0n) is 26.4. The fourth-order valence-corrected chi connectivity index (χ4v) is 19.7. The van der Waals surface area contributed by atoms with E-state index in [0.29, 0.717) is 11.8 Å². The molecule has 216 valence electrons. The summed E-state index contributed by atoms with van der Waals surface area (Å²) >= 11 is 0. The first-order valence-electron chi connectivity index (χ1n) is 15.2. The lowest BCUT2D eigenvalue weighted by molar-refractivity contribution is 0.0109. The van der Waals surface area contributed by atoms with Crippen LogP contribution in [0.2, 0.25) is 45.3 Å². The third-order valence-electron chi connectivity index (χ3n) is 8.08. The van der Waals surface area contributed by atoms with Gasteiger partial charge in [0, 0.05) is 17.4 Å². The molecule has 0 amide bonds. The van der Waals surface area contributed by atoms with Gasteiger partial charge >= 0.3 is 17.1 Å².